The van der Waals surface area contributed by atoms with Gasteiger partial charge in [-0.05, 0) is 12.5 Å². The van der Waals surface area contributed by atoms with Crippen molar-refractivity contribution in [3.05, 3.63) is 35.4 Å². The number of hydrogen-bond acceptors (Lipinski definition) is 1. The average molecular weight is 233 g/mol. The molecule has 1 aromatic rings. The molecular weight excluding hydrogens is 219 g/mol. The minimum absolute atomic E-state index is 0.0559. The lowest BCUT2D eigenvalue weighted by molar-refractivity contribution is 0.0701. The van der Waals surface area contributed by atoms with Crippen LogP contribution in [0.5, 0.6) is 0 Å². The third-order valence-electron chi connectivity index (χ3n) is 1.95. The van der Waals surface area contributed by atoms with Crippen LogP contribution in [0.25, 0.3) is 0 Å². The summed E-state index contributed by atoms with van der Waals surface area (Å²) in [5.41, 5.74) is 2.40. The van der Waals surface area contributed by atoms with Crippen molar-refractivity contribution < 1.29 is 4.74 Å². The Morgan fingerprint density at radius 1 is 1.14 bits per heavy atom. The number of ether oxygens (including phenoxy) is 1. The summed E-state index contributed by atoms with van der Waals surface area (Å²) in [7, 11) is 0. The first-order valence-electron chi connectivity index (χ1n) is 4.55. The predicted molar refractivity (Wildman–Crippen MR) is 61.2 cm³/mol. The third-order valence-corrected chi connectivity index (χ3v) is 2.64. The Hall–Kier alpha value is -0.240. The summed E-state index contributed by atoms with van der Waals surface area (Å²) in [6.45, 7) is 2.63. The van der Waals surface area contributed by atoms with Gasteiger partial charge in [0.25, 0.3) is 0 Å². The molecule has 1 nitrogen and oxygen atoms in total. The fourth-order valence-electron chi connectivity index (χ4n) is 1.03. The zero-order valence-electron chi connectivity index (χ0n) is 8.17. The van der Waals surface area contributed by atoms with Crippen LogP contribution >= 0.6 is 23.2 Å². The number of hydrogen-bond donors (Lipinski definition) is 0. The fraction of sp³-hybridized carbons (Fsp3) is 0.455. The first-order chi connectivity index (χ1) is 6.76. The summed E-state index contributed by atoms with van der Waals surface area (Å²) in [5.74, 6) is 0.880. The van der Waals surface area contributed by atoms with Crippen molar-refractivity contribution in [3.63, 3.8) is 0 Å². The minimum atomic E-state index is -0.0559. The van der Waals surface area contributed by atoms with Crippen molar-refractivity contribution >= 4 is 23.2 Å². The predicted octanol–water partition coefficient (Wildman–Crippen LogP) is 3.36. The molecule has 0 aliphatic carbocycles. The SMILES string of the molecule is Cc1ccc(COC(CCl)CCl)cc1. The van der Waals surface area contributed by atoms with Crippen LogP contribution in [0.15, 0.2) is 24.3 Å². The summed E-state index contributed by atoms with van der Waals surface area (Å²) in [5, 5.41) is 0. The number of alkyl halides is 2. The number of halogens is 2. The summed E-state index contributed by atoms with van der Waals surface area (Å²) in [6.07, 6.45) is -0.0559. The highest BCUT2D eigenvalue weighted by atomic mass is 35.5. The van der Waals surface area contributed by atoms with Gasteiger partial charge in [-0.3, -0.25) is 0 Å². The van der Waals surface area contributed by atoms with Gasteiger partial charge in [-0.15, -0.1) is 23.2 Å². The first-order valence-corrected chi connectivity index (χ1v) is 5.62. The van der Waals surface area contributed by atoms with Gasteiger partial charge in [0.05, 0.1) is 12.7 Å². The second kappa shape index (κ2) is 6.28. The summed E-state index contributed by atoms with van der Waals surface area (Å²) < 4.78 is 5.50. The van der Waals surface area contributed by atoms with Crippen molar-refractivity contribution in [1.29, 1.82) is 0 Å². The lowest BCUT2D eigenvalue weighted by Gasteiger charge is -2.11. The van der Waals surface area contributed by atoms with Gasteiger partial charge in [0.1, 0.15) is 0 Å². The maximum absolute atomic E-state index is 5.65. The van der Waals surface area contributed by atoms with Gasteiger partial charge in [0.15, 0.2) is 0 Å². The van der Waals surface area contributed by atoms with Crippen LogP contribution in [0.3, 0.4) is 0 Å². The van der Waals surface area contributed by atoms with Crippen LogP contribution in [-0.2, 0) is 11.3 Å². The summed E-state index contributed by atoms with van der Waals surface area (Å²) in [4.78, 5) is 0. The Morgan fingerprint density at radius 3 is 2.21 bits per heavy atom. The molecule has 0 saturated heterocycles. The van der Waals surface area contributed by atoms with E-state index in [2.05, 4.69) is 31.2 Å². The van der Waals surface area contributed by atoms with Gasteiger partial charge in [-0.2, -0.15) is 0 Å². The van der Waals surface area contributed by atoms with Gasteiger partial charge < -0.3 is 4.74 Å². The van der Waals surface area contributed by atoms with E-state index in [1.165, 1.54) is 5.56 Å². The molecule has 0 aliphatic heterocycles. The standard InChI is InChI=1S/C11H14Cl2O/c1-9-2-4-10(5-3-9)8-14-11(6-12)7-13/h2-5,11H,6-8H2,1H3. The number of benzene rings is 1. The highest BCUT2D eigenvalue weighted by molar-refractivity contribution is 6.21. The fourth-order valence-corrected chi connectivity index (χ4v) is 1.54. The molecule has 0 amide bonds. The molecule has 0 N–H and O–H groups in total. The molecule has 0 unspecified atom stereocenters. The van der Waals surface area contributed by atoms with E-state index in [1.54, 1.807) is 0 Å². The molecule has 0 aromatic heterocycles. The minimum Gasteiger partial charge on any atom is -0.371 e. The summed E-state index contributed by atoms with van der Waals surface area (Å²) >= 11 is 11.3. The van der Waals surface area contributed by atoms with Crippen molar-refractivity contribution in [2.24, 2.45) is 0 Å². The van der Waals surface area contributed by atoms with E-state index in [1.807, 2.05) is 0 Å². The molecule has 0 fully saturated rings. The number of rotatable bonds is 5. The molecule has 1 rings (SSSR count). The Bertz CT molecular complexity index is 254. The quantitative estimate of drug-likeness (QED) is 0.708. The first kappa shape index (κ1) is 11.8. The molecule has 0 heterocycles. The van der Waals surface area contributed by atoms with Gasteiger partial charge in [-0.1, -0.05) is 29.8 Å². The highest BCUT2D eigenvalue weighted by Crippen LogP contribution is 2.07. The molecule has 0 radical (unpaired) electrons. The lowest BCUT2D eigenvalue weighted by Crippen LogP contribution is -2.16. The van der Waals surface area contributed by atoms with E-state index in [-0.39, 0.29) is 6.10 Å². The normalized spacial score (nSPS) is 10.9. The zero-order valence-corrected chi connectivity index (χ0v) is 9.68. The molecule has 1 aromatic carbocycles. The second-order valence-electron chi connectivity index (χ2n) is 3.23. The zero-order chi connectivity index (χ0) is 10.4. The summed E-state index contributed by atoms with van der Waals surface area (Å²) in [6, 6.07) is 8.23. The largest absolute Gasteiger partial charge is 0.371 e. The van der Waals surface area contributed by atoms with Gasteiger partial charge in [-0.25, -0.2) is 0 Å². The van der Waals surface area contributed by atoms with Crippen LogP contribution in [0.1, 0.15) is 11.1 Å². The molecule has 0 atom stereocenters. The maximum Gasteiger partial charge on any atom is 0.0849 e. The van der Waals surface area contributed by atoms with E-state index in [4.69, 9.17) is 27.9 Å². The van der Waals surface area contributed by atoms with E-state index in [0.29, 0.717) is 18.4 Å². The smallest absolute Gasteiger partial charge is 0.0849 e. The lowest BCUT2D eigenvalue weighted by atomic mass is 10.2. The van der Waals surface area contributed by atoms with Crippen LogP contribution in [0.2, 0.25) is 0 Å². The average Bonchev–Trinajstić information content (AvgIpc) is 2.22. The van der Waals surface area contributed by atoms with Crippen LogP contribution in [0.4, 0.5) is 0 Å². The van der Waals surface area contributed by atoms with Crippen LogP contribution in [-0.4, -0.2) is 17.9 Å². The number of aryl methyl sites for hydroxylation is 1. The topological polar surface area (TPSA) is 9.23 Å². The Balaban J connectivity index is 2.41. The van der Waals surface area contributed by atoms with Crippen LogP contribution < -0.4 is 0 Å². The van der Waals surface area contributed by atoms with Gasteiger partial charge in [0, 0.05) is 11.8 Å². The molecule has 0 bridgehead atoms. The molecule has 0 spiro atoms. The maximum atomic E-state index is 5.65. The van der Waals surface area contributed by atoms with Gasteiger partial charge >= 0.3 is 0 Å². The van der Waals surface area contributed by atoms with Crippen molar-refractivity contribution in [3.8, 4) is 0 Å². The van der Waals surface area contributed by atoms with Gasteiger partial charge in [0.2, 0.25) is 0 Å². The third kappa shape index (κ3) is 3.87. The Labute approximate surface area is 95.0 Å². The Morgan fingerprint density at radius 2 is 1.71 bits per heavy atom. The molecule has 3 heteroatoms. The van der Waals surface area contributed by atoms with E-state index < -0.39 is 0 Å². The highest BCUT2D eigenvalue weighted by Gasteiger charge is 2.05. The molecule has 14 heavy (non-hydrogen) atoms. The second-order valence-corrected chi connectivity index (χ2v) is 3.84. The van der Waals surface area contributed by atoms with E-state index >= 15 is 0 Å². The molecule has 78 valence electrons. The monoisotopic (exact) mass is 232 g/mol. The Kier molecular flexibility index (Phi) is 5.31. The van der Waals surface area contributed by atoms with E-state index in [9.17, 15) is 0 Å². The van der Waals surface area contributed by atoms with E-state index in [0.717, 1.165) is 5.56 Å². The van der Waals surface area contributed by atoms with Crippen LogP contribution in [0, 0.1) is 6.92 Å². The van der Waals surface area contributed by atoms with Crippen molar-refractivity contribution in [1.82, 2.24) is 0 Å². The van der Waals surface area contributed by atoms with Crippen molar-refractivity contribution in [2.45, 2.75) is 19.6 Å². The van der Waals surface area contributed by atoms with Crippen molar-refractivity contribution in [2.75, 3.05) is 11.8 Å². The molecular formula is C11H14Cl2O. The molecule has 0 saturated carbocycles. The molecule has 0 aliphatic rings.